The minimum atomic E-state index is -1.00. The zero-order valence-corrected chi connectivity index (χ0v) is 24.4. The van der Waals surface area contributed by atoms with Gasteiger partial charge in [-0.05, 0) is 128 Å². The first-order chi connectivity index (χ1) is 18.0. The van der Waals surface area contributed by atoms with Crippen LogP contribution in [0.2, 0.25) is 0 Å². The molecule has 0 aromatic heterocycles. The summed E-state index contributed by atoms with van der Waals surface area (Å²) in [6, 6.07) is 3.27. The predicted octanol–water partition coefficient (Wildman–Crippen LogP) is 9.61. The number of carbonyl (C=O) groups excluding carboxylic acids is 1. The van der Waals surface area contributed by atoms with Crippen molar-refractivity contribution in [1.82, 2.24) is 0 Å². The molecule has 38 heavy (non-hydrogen) atoms. The molecule has 0 N–H and O–H groups in total. The predicted molar refractivity (Wildman–Crippen MR) is 149 cm³/mol. The number of benzene rings is 1. The molecule has 0 aliphatic heterocycles. The summed E-state index contributed by atoms with van der Waals surface area (Å²) in [5, 5.41) is 0. The number of esters is 1. The molecule has 1 aromatic rings. The third kappa shape index (κ3) is 5.07. The third-order valence-corrected chi connectivity index (χ3v) is 12.2. The molecule has 0 spiro atoms. The van der Waals surface area contributed by atoms with Gasteiger partial charge in [0.1, 0.15) is 6.10 Å². The zero-order chi connectivity index (χ0) is 27.2. The van der Waals surface area contributed by atoms with Gasteiger partial charge in [0.15, 0.2) is 11.6 Å². The smallest absolute Gasteiger partial charge is 0.338 e. The molecule has 4 heteroatoms. The van der Waals surface area contributed by atoms with Crippen molar-refractivity contribution in [1.29, 1.82) is 0 Å². The normalized spacial score (nSPS) is 39.3. The molecule has 5 rings (SSSR count). The highest BCUT2D eigenvalue weighted by Gasteiger charge is 2.60. The molecule has 4 aliphatic carbocycles. The molecule has 9 atom stereocenters. The molecule has 4 aliphatic rings. The van der Waals surface area contributed by atoms with Crippen LogP contribution in [0.5, 0.6) is 0 Å². The summed E-state index contributed by atoms with van der Waals surface area (Å²) in [5.41, 5.74) is 0.941. The Morgan fingerprint density at radius 3 is 2.39 bits per heavy atom. The lowest BCUT2D eigenvalue weighted by Crippen LogP contribution is -2.54. The standard InChI is InChI=1S/C34H50F2O2/c1-21(2)7-6-8-22(3)27-12-13-28-26-11-10-24-20-25(38-32(37)23-9-14-30(35)31(36)19-23)15-17-33(24,4)29(26)16-18-34(27,28)5/h9,14,19,21-22,24-29H,6-8,10-13,15-18,20H2,1-5H3/t22-,24+,25+,26+,27-,28+,29+,33+,34-/m1/s1. The Morgan fingerprint density at radius 2 is 1.66 bits per heavy atom. The lowest BCUT2D eigenvalue weighted by atomic mass is 9.44. The van der Waals surface area contributed by atoms with E-state index in [0.29, 0.717) is 16.7 Å². The van der Waals surface area contributed by atoms with Crippen LogP contribution in [-0.4, -0.2) is 12.1 Å². The summed E-state index contributed by atoms with van der Waals surface area (Å²) in [6.07, 6.45) is 15.0. The largest absolute Gasteiger partial charge is 0.459 e. The monoisotopic (exact) mass is 528 g/mol. The molecular weight excluding hydrogens is 478 g/mol. The van der Waals surface area contributed by atoms with Crippen molar-refractivity contribution in [3.63, 3.8) is 0 Å². The molecule has 1 aromatic carbocycles. The zero-order valence-electron chi connectivity index (χ0n) is 24.4. The molecule has 0 unspecified atom stereocenters. The quantitative estimate of drug-likeness (QED) is 0.329. The number of rotatable bonds is 7. The van der Waals surface area contributed by atoms with E-state index in [1.165, 1.54) is 63.9 Å². The van der Waals surface area contributed by atoms with E-state index in [-0.39, 0.29) is 11.7 Å². The molecule has 0 saturated heterocycles. The molecule has 0 amide bonds. The lowest BCUT2D eigenvalue weighted by Gasteiger charge is -2.61. The Morgan fingerprint density at radius 1 is 0.921 bits per heavy atom. The van der Waals surface area contributed by atoms with Gasteiger partial charge in [-0.1, -0.05) is 53.9 Å². The van der Waals surface area contributed by atoms with Crippen LogP contribution in [0, 0.1) is 63.9 Å². The first-order valence-electron chi connectivity index (χ1n) is 15.7. The molecule has 0 bridgehead atoms. The summed E-state index contributed by atoms with van der Waals surface area (Å²) in [6.45, 7) is 12.4. The highest BCUT2D eigenvalue weighted by atomic mass is 19.2. The van der Waals surface area contributed by atoms with E-state index in [2.05, 4.69) is 34.6 Å². The summed E-state index contributed by atoms with van der Waals surface area (Å²) in [7, 11) is 0. The van der Waals surface area contributed by atoms with Gasteiger partial charge in [0, 0.05) is 0 Å². The van der Waals surface area contributed by atoms with Crippen molar-refractivity contribution in [3.05, 3.63) is 35.4 Å². The highest BCUT2D eigenvalue weighted by molar-refractivity contribution is 5.89. The minimum absolute atomic E-state index is 0.0988. The SMILES string of the molecule is CC(C)CCC[C@@H](C)[C@H]1CC[C@H]2[C@@H]3CC[C@H]4C[C@@H](OC(=O)c5ccc(F)c(F)c5)CC[C@]4(C)[C@H]3CC[C@]12C. The second-order valence-corrected chi connectivity index (χ2v) is 14.6. The first kappa shape index (κ1) is 28.1. The van der Waals surface area contributed by atoms with Gasteiger partial charge in [-0.25, -0.2) is 13.6 Å². The topological polar surface area (TPSA) is 26.3 Å². The van der Waals surface area contributed by atoms with Gasteiger partial charge in [-0.3, -0.25) is 0 Å². The van der Waals surface area contributed by atoms with Crippen molar-refractivity contribution < 1.29 is 18.3 Å². The Kier molecular flexibility index (Phi) is 8.02. The van der Waals surface area contributed by atoms with Crippen molar-refractivity contribution >= 4 is 5.97 Å². The maximum atomic E-state index is 13.6. The van der Waals surface area contributed by atoms with E-state index in [9.17, 15) is 13.6 Å². The van der Waals surface area contributed by atoms with Crippen molar-refractivity contribution in [2.24, 2.45) is 52.3 Å². The van der Waals surface area contributed by atoms with Crippen LogP contribution in [-0.2, 0) is 4.74 Å². The molecule has 4 fully saturated rings. The van der Waals surface area contributed by atoms with Crippen LogP contribution >= 0.6 is 0 Å². The van der Waals surface area contributed by atoms with Gasteiger partial charge in [0.25, 0.3) is 0 Å². The van der Waals surface area contributed by atoms with Crippen LogP contribution < -0.4 is 0 Å². The van der Waals surface area contributed by atoms with Crippen LogP contribution in [0.1, 0.15) is 122 Å². The number of hydrogen-bond donors (Lipinski definition) is 0. The molecule has 2 nitrogen and oxygen atoms in total. The van der Waals surface area contributed by atoms with Gasteiger partial charge in [-0.15, -0.1) is 0 Å². The number of halogens is 2. The molecular formula is C34H50F2O2. The summed E-state index contributed by atoms with van der Waals surface area (Å²) in [4.78, 5) is 12.7. The van der Waals surface area contributed by atoms with E-state index in [4.69, 9.17) is 4.74 Å². The fraction of sp³-hybridized carbons (Fsp3) is 0.794. The second-order valence-electron chi connectivity index (χ2n) is 14.6. The average Bonchev–Trinajstić information content (AvgIpc) is 3.23. The molecule has 0 radical (unpaired) electrons. The van der Waals surface area contributed by atoms with E-state index in [1.54, 1.807) is 0 Å². The van der Waals surface area contributed by atoms with Gasteiger partial charge in [0.05, 0.1) is 5.56 Å². The van der Waals surface area contributed by atoms with Crippen molar-refractivity contribution in [2.75, 3.05) is 0 Å². The Bertz CT molecular complexity index is 1010. The number of carbonyl (C=O) groups is 1. The molecule has 212 valence electrons. The number of fused-ring (bicyclic) bond motifs is 5. The summed E-state index contributed by atoms with van der Waals surface area (Å²) >= 11 is 0. The van der Waals surface area contributed by atoms with E-state index in [0.717, 1.165) is 66.9 Å². The van der Waals surface area contributed by atoms with Gasteiger partial charge in [0.2, 0.25) is 0 Å². The van der Waals surface area contributed by atoms with E-state index < -0.39 is 17.6 Å². The molecule has 4 saturated carbocycles. The van der Waals surface area contributed by atoms with Crippen molar-refractivity contribution in [2.45, 2.75) is 118 Å². The van der Waals surface area contributed by atoms with Crippen molar-refractivity contribution in [3.8, 4) is 0 Å². The Balaban J connectivity index is 1.22. The maximum Gasteiger partial charge on any atom is 0.338 e. The average molecular weight is 529 g/mol. The van der Waals surface area contributed by atoms with Gasteiger partial charge < -0.3 is 4.74 Å². The maximum absolute atomic E-state index is 13.6. The van der Waals surface area contributed by atoms with Crippen LogP contribution in [0.3, 0.4) is 0 Å². The number of hydrogen-bond acceptors (Lipinski definition) is 2. The summed E-state index contributed by atoms with van der Waals surface area (Å²) < 4.78 is 32.8. The Hall–Kier alpha value is -1.45. The lowest BCUT2D eigenvalue weighted by molar-refractivity contribution is -0.130. The van der Waals surface area contributed by atoms with Crippen LogP contribution in [0.25, 0.3) is 0 Å². The summed E-state index contributed by atoms with van der Waals surface area (Å²) in [5.74, 6) is 3.16. The minimum Gasteiger partial charge on any atom is -0.459 e. The first-order valence-corrected chi connectivity index (χ1v) is 15.7. The molecule has 0 heterocycles. The van der Waals surface area contributed by atoms with E-state index >= 15 is 0 Å². The number of ether oxygens (including phenoxy) is 1. The second kappa shape index (κ2) is 10.8. The van der Waals surface area contributed by atoms with Gasteiger partial charge >= 0.3 is 5.97 Å². The fourth-order valence-corrected chi connectivity index (χ4v) is 10.2. The Labute approximate surface area is 229 Å². The van der Waals surface area contributed by atoms with Crippen LogP contribution in [0.15, 0.2) is 18.2 Å². The highest BCUT2D eigenvalue weighted by Crippen LogP contribution is 2.68. The fourth-order valence-electron chi connectivity index (χ4n) is 10.2. The van der Waals surface area contributed by atoms with E-state index in [1.807, 2.05) is 0 Å². The third-order valence-electron chi connectivity index (χ3n) is 12.2. The van der Waals surface area contributed by atoms with Gasteiger partial charge in [-0.2, -0.15) is 0 Å². The van der Waals surface area contributed by atoms with Crippen LogP contribution in [0.4, 0.5) is 8.78 Å².